The highest BCUT2D eigenvalue weighted by Gasteiger charge is 1.67. The Labute approximate surface area is 73.6 Å². The lowest BCUT2D eigenvalue weighted by molar-refractivity contribution is 0.135. The minimum Gasteiger partial charge on any atom is -0.394 e. The van der Waals surface area contributed by atoms with Crippen LogP contribution in [0.4, 0.5) is 0 Å². The number of hydrogen-bond donors (Lipinski definition) is 2. The van der Waals surface area contributed by atoms with E-state index in [-0.39, 0.29) is 6.61 Å². The van der Waals surface area contributed by atoms with E-state index >= 15 is 0 Å². The zero-order chi connectivity index (χ0) is 9.66. The van der Waals surface area contributed by atoms with Crippen molar-refractivity contribution in [2.45, 2.75) is 13.8 Å². The summed E-state index contributed by atoms with van der Waals surface area (Å²) in [6.07, 6.45) is 5.08. The molecule has 4 nitrogen and oxygen atoms in total. The number of aliphatic hydroxyl groups is 1. The largest absolute Gasteiger partial charge is 0.394 e. The normalized spacial score (nSPS) is 7.33. The summed E-state index contributed by atoms with van der Waals surface area (Å²) in [4.78, 5) is 6.42. The number of H-pyrrole nitrogens is 1. The van der Waals surface area contributed by atoms with Crippen LogP contribution in [0.25, 0.3) is 0 Å². The second-order valence-electron chi connectivity index (χ2n) is 1.48. The highest BCUT2D eigenvalue weighted by atomic mass is 16.5. The lowest BCUT2D eigenvalue weighted by Crippen LogP contribution is -1.91. The van der Waals surface area contributed by atoms with Gasteiger partial charge in [-0.05, 0) is 0 Å². The standard InChI is InChI=1S/C3H4N2.C3H8O2.C2H6/c1-2-5-3-4-1;1-5-3-2-4;1-2/h1-3H,(H,4,5);4H,2-3H2,1H3;1-2H3. The van der Waals surface area contributed by atoms with Gasteiger partial charge in [-0.25, -0.2) is 4.98 Å². The number of nitrogens with zero attached hydrogens (tertiary/aromatic N) is 1. The van der Waals surface area contributed by atoms with Gasteiger partial charge in [0.1, 0.15) is 0 Å². The van der Waals surface area contributed by atoms with E-state index in [9.17, 15) is 0 Å². The molecule has 0 aromatic carbocycles. The summed E-state index contributed by atoms with van der Waals surface area (Å²) in [6, 6.07) is 0. The van der Waals surface area contributed by atoms with E-state index in [1.807, 2.05) is 13.8 Å². The summed E-state index contributed by atoms with van der Waals surface area (Å²) in [5, 5.41) is 7.94. The first-order valence-electron chi connectivity index (χ1n) is 3.94. The van der Waals surface area contributed by atoms with Crippen LogP contribution in [0.3, 0.4) is 0 Å². The molecule has 12 heavy (non-hydrogen) atoms. The Morgan fingerprint density at radius 2 is 2.17 bits per heavy atom. The molecule has 1 aromatic heterocycles. The highest BCUT2D eigenvalue weighted by molar-refractivity contribution is 4.64. The summed E-state index contributed by atoms with van der Waals surface area (Å²) in [7, 11) is 1.55. The van der Waals surface area contributed by atoms with Crippen molar-refractivity contribution in [3.63, 3.8) is 0 Å². The van der Waals surface area contributed by atoms with Crippen molar-refractivity contribution < 1.29 is 9.84 Å². The van der Waals surface area contributed by atoms with Crippen LogP contribution in [0.5, 0.6) is 0 Å². The fourth-order valence-corrected chi connectivity index (χ4v) is 0.306. The summed E-state index contributed by atoms with van der Waals surface area (Å²) in [5.74, 6) is 0. The van der Waals surface area contributed by atoms with E-state index in [4.69, 9.17) is 5.11 Å². The van der Waals surface area contributed by atoms with Gasteiger partial charge in [-0.3, -0.25) is 0 Å². The molecule has 0 aliphatic heterocycles. The summed E-state index contributed by atoms with van der Waals surface area (Å²) >= 11 is 0. The SMILES string of the molecule is CC.COCCO.c1c[nH]cn1. The van der Waals surface area contributed by atoms with Crippen LogP contribution >= 0.6 is 0 Å². The molecule has 0 aliphatic carbocycles. The molecule has 0 saturated heterocycles. The molecular weight excluding hydrogens is 156 g/mol. The molecule has 4 heteroatoms. The van der Waals surface area contributed by atoms with Crippen molar-refractivity contribution in [2.75, 3.05) is 20.3 Å². The monoisotopic (exact) mass is 174 g/mol. The van der Waals surface area contributed by atoms with Crippen LogP contribution in [-0.4, -0.2) is 35.4 Å². The summed E-state index contributed by atoms with van der Waals surface area (Å²) in [6.45, 7) is 4.57. The van der Waals surface area contributed by atoms with Gasteiger partial charge in [0, 0.05) is 19.5 Å². The Balaban J connectivity index is 0. The lowest BCUT2D eigenvalue weighted by Gasteiger charge is -1.84. The second kappa shape index (κ2) is 16.6. The molecule has 1 aromatic rings. The maximum absolute atomic E-state index is 7.94. The van der Waals surface area contributed by atoms with Gasteiger partial charge < -0.3 is 14.8 Å². The van der Waals surface area contributed by atoms with E-state index < -0.39 is 0 Å². The van der Waals surface area contributed by atoms with Crippen LogP contribution in [0.2, 0.25) is 0 Å². The molecule has 2 N–H and O–H groups in total. The molecule has 0 spiro atoms. The average Bonchev–Trinajstić information content (AvgIpc) is 2.67. The number of rotatable bonds is 2. The molecular formula is C8H18N2O2. The van der Waals surface area contributed by atoms with Gasteiger partial charge >= 0.3 is 0 Å². The Bertz CT molecular complexity index is 101. The van der Waals surface area contributed by atoms with Crippen LogP contribution in [0, 0.1) is 0 Å². The summed E-state index contributed by atoms with van der Waals surface area (Å²) in [5.41, 5.74) is 0. The Hall–Kier alpha value is -0.870. The Morgan fingerprint density at radius 1 is 1.50 bits per heavy atom. The Kier molecular flexibility index (Phi) is 19.0. The van der Waals surface area contributed by atoms with Gasteiger partial charge in [-0.2, -0.15) is 0 Å². The molecule has 0 saturated carbocycles. The molecule has 1 rings (SSSR count). The maximum Gasteiger partial charge on any atom is 0.0919 e. The molecule has 0 aliphatic rings. The minimum absolute atomic E-state index is 0.122. The van der Waals surface area contributed by atoms with Crippen molar-refractivity contribution in [3.8, 4) is 0 Å². The number of nitrogens with one attached hydrogen (secondary N) is 1. The summed E-state index contributed by atoms with van der Waals surface area (Å²) < 4.78 is 4.44. The van der Waals surface area contributed by atoms with E-state index in [0.717, 1.165) is 0 Å². The number of aromatic amines is 1. The second-order valence-corrected chi connectivity index (χ2v) is 1.48. The highest BCUT2D eigenvalue weighted by Crippen LogP contribution is 1.62. The van der Waals surface area contributed by atoms with Crippen molar-refractivity contribution in [1.82, 2.24) is 9.97 Å². The van der Waals surface area contributed by atoms with Gasteiger partial charge in [0.05, 0.1) is 19.5 Å². The van der Waals surface area contributed by atoms with Crippen LogP contribution < -0.4 is 0 Å². The fraction of sp³-hybridized carbons (Fsp3) is 0.625. The molecule has 0 unspecified atom stereocenters. The maximum atomic E-state index is 7.94. The van der Waals surface area contributed by atoms with Gasteiger partial charge in [0.2, 0.25) is 0 Å². The van der Waals surface area contributed by atoms with E-state index in [2.05, 4.69) is 14.7 Å². The van der Waals surface area contributed by atoms with Crippen LogP contribution in [0.15, 0.2) is 18.7 Å². The van der Waals surface area contributed by atoms with Crippen LogP contribution in [-0.2, 0) is 4.74 Å². The predicted molar refractivity (Wildman–Crippen MR) is 48.9 cm³/mol. The van der Waals surface area contributed by atoms with Gasteiger partial charge in [-0.15, -0.1) is 0 Å². The molecule has 0 atom stereocenters. The predicted octanol–water partition coefficient (Wildman–Crippen LogP) is 1.06. The first-order valence-corrected chi connectivity index (χ1v) is 3.94. The zero-order valence-electron chi connectivity index (χ0n) is 7.95. The quantitative estimate of drug-likeness (QED) is 0.705. The lowest BCUT2D eigenvalue weighted by atomic mass is 10.8. The first kappa shape index (κ1) is 13.7. The van der Waals surface area contributed by atoms with Crippen LogP contribution in [0.1, 0.15) is 13.8 Å². The topological polar surface area (TPSA) is 58.1 Å². The number of aliphatic hydroxyl groups excluding tert-OH is 1. The smallest absolute Gasteiger partial charge is 0.0919 e. The van der Waals surface area contributed by atoms with E-state index in [0.29, 0.717) is 6.61 Å². The molecule has 0 bridgehead atoms. The number of imidazole rings is 1. The van der Waals surface area contributed by atoms with Crippen molar-refractivity contribution in [3.05, 3.63) is 18.7 Å². The van der Waals surface area contributed by atoms with Gasteiger partial charge in [0.25, 0.3) is 0 Å². The fourth-order valence-electron chi connectivity index (χ4n) is 0.306. The Morgan fingerprint density at radius 3 is 2.25 bits per heavy atom. The van der Waals surface area contributed by atoms with Crippen molar-refractivity contribution in [2.24, 2.45) is 0 Å². The van der Waals surface area contributed by atoms with Gasteiger partial charge in [-0.1, -0.05) is 13.8 Å². The molecule has 1 heterocycles. The molecule has 72 valence electrons. The zero-order valence-corrected chi connectivity index (χ0v) is 7.95. The van der Waals surface area contributed by atoms with E-state index in [1.165, 1.54) is 0 Å². The number of methoxy groups -OCH3 is 1. The van der Waals surface area contributed by atoms with Crippen molar-refractivity contribution >= 4 is 0 Å². The van der Waals surface area contributed by atoms with Crippen molar-refractivity contribution in [1.29, 1.82) is 0 Å². The average molecular weight is 174 g/mol. The number of hydrogen-bond acceptors (Lipinski definition) is 3. The molecule has 0 radical (unpaired) electrons. The third-order valence-electron chi connectivity index (χ3n) is 0.701. The molecule has 0 amide bonds. The third kappa shape index (κ3) is 16.1. The first-order chi connectivity index (χ1) is 5.91. The number of ether oxygens (including phenoxy) is 1. The minimum atomic E-state index is 0.122. The van der Waals surface area contributed by atoms with E-state index in [1.54, 1.807) is 25.8 Å². The molecule has 0 fully saturated rings. The van der Waals surface area contributed by atoms with Gasteiger partial charge in [0.15, 0.2) is 0 Å². The third-order valence-corrected chi connectivity index (χ3v) is 0.701. The number of aromatic nitrogens is 2.